The highest BCUT2D eigenvalue weighted by Gasteiger charge is 2.28. The van der Waals surface area contributed by atoms with Crippen molar-refractivity contribution in [3.63, 3.8) is 0 Å². The maximum atomic E-state index is 10.1. The third-order valence-electron chi connectivity index (χ3n) is 4.61. The Morgan fingerprint density at radius 3 is 2.91 bits per heavy atom. The SMILES string of the molecule is Nn1c(SC2CCCCC2O)nnc1-c1n[nH]c2c1CCC2. The molecule has 4 N–H and O–H groups in total. The number of aliphatic hydroxyl groups is 1. The van der Waals surface area contributed by atoms with Gasteiger partial charge in [0.05, 0.1) is 6.10 Å². The van der Waals surface area contributed by atoms with E-state index >= 15 is 0 Å². The number of nitrogens with zero attached hydrogens (tertiary/aromatic N) is 4. The van der Waals surface area contributed by atoms with Gasteiger partial charge in [-0.3, -0.25) is 5.10 Å². The van der Waals surface area contributed by atoms with Gasteiger partial charge in [-0.05, 0) is 32.1 Å². The highest BCUT2D eigenvalue weighted by atomic mass is 32.2. The third-order valence-corrected chi connectivity index (χ3v) is 5.95. The number of aromatic amines is 1. The summed E-state index contributed by atoms with van der Waals surface area (Å²) in [5.74, 6) is 6.79. The fourth-order valence-electron chi connectivity index (χ4n) is 3.37. The van der Waals surface area contributed by atoms with Crippen molar-refractivity contribution in [1.29, 1.82) is 0 Å². The zero-order chi connectivity index (χ0) is 15.1. The van der Waals surface area contributed by atoms with Crippen molar-refractivity contribution in [3.8, 4) is 11.5 Å². The van der Waals surface area contributed by atoms with Gasteiger partial charge in [0.25, 0.3) is 0 Å². The van der Waals surface area contributed by atoms with Crippen LogP contribution < -0.4 is 5.84 Å². The summed E-state index contributed by atoms with van der Waals surface area (Å²) in [7, 11) is 0. The molecule has 1 saturated carbocycles. The van der Waals surface area contributed by atoms with Gasteiger partial charge < -0.3 is 10.9 Å². The number of aromatic nitrogens is 5. The molecule has 2 aliphatic rings. The van der Waals surface area contributed by atoms with Crippen LogP contribution in [-0.4, -0.2) is 41.5 Å². The van der Waals surface area contributed by atoms with Crippen molar-refractivity contribution in [1.82, 2.24) is 25.1 Å². The molecule has 0 saturated heterocycles. The molecule has 0 bridgehead atoms. The molecule has 0 aromatic carbocycles. The second-order valence-corrected chi connectivity index (χ2v) is 7.27. The predicted octanol–water partition coefficient (Wildman–Crippen LogP) is 1.27. The molecule has 2 atom stereocenters. The summed E-state index contributed by atoms with van der Waals surface area (Å²) in [6.45, 7) is 0. The van der Waals surface area contributed by atoms with Gasteiger partial charge in [0.15, 0.2) is 0 Å². The molecule has 4 rings (SSSR count). The number of hydrogen-bond donors (Lipinski definition) is 3. The minimum Gasteiger partial charge on any atom is -0.392 e. The average Bonchev–Trinajstić information content (AvgIpc) is 3.19. The van der Waals surface area contributed by atoms with E-state index in [0.717, 1.165) is 50.6 Å². The Morgan fingerprint density at radius 2 is 2.05 bits per heavy atom. The quantitative estimate of drug-likeness (QED) is 0.735. The summed E-state index contributed by atoms with van der Waals surface area (Å²) < 4.78 is 1.51. The van der Waals surface area contributed by atoms with Crippen molar-refractivity contribution in [3.05, 3.63) is 11.3 Å². The molecule has 2 heterocycles. The smallest absolute Gasteiger partial charge is 0.210 e. The van der Waals surface area contributed by atoms with Gasteiger partial charge in [0.1, 0.15) is 5.69 Å². The number of nitrogen functional groups attached to an aromatic ring is 1. The average molecular weight is 320 g/mol. The standard InChI is InChI=1S/C14H20N6OS/c15-20-13(12-8-4-3-5-9(8)16-17-12)18-19-14(20)22-11-7-2-1-6-10(11)21/h10-11,21H,1-7,15H2,(H,16,17). The number of thioether (sulfide) groups is 1. The van der Waals surface area contributed by atoms with Crippen LogP contribution in [0.3, 0.4) is 0 Å². The first-order valence-electron chi connectivity index (χ1n) is 7.85. The predicted molar refractivity (Wildman–Crippen MR) is 83.9 cm³/mol. The van der Waals surface area contributed by atoms with Crippen LogP contribution in [0.25, 0.3) is 11.5 Å². The number of nitrogens with one attached hydrogen (secondary N) is 1. The first-order valence-corrected chi connectivity index (χ1v) is 8.73. The first kappa shape index (κ1) is 14.1. The minimum absolute atomic E-state index is 0.151. The second kappa shape index (κ2) is 5.58. The number of fused-ring (bicyclic) bond motifs is 1. The first-order chi connectivity index (χ1) is 10.7. The fourth-order valence-corrected chi connectivity index (χ4v) is 4.51. The molecule has 8 heteroatoms. The van der Waals surface area contributed by atoms with E-state index < -0.39 is 0 Å². The molecule has 0 radical (unpaired) electrons. The lowest BCUT2D eigenvalue weighted by Gasteiger charge is -2.26. The molecule has 2 aromatic rings. The van der Waals surface area contributed by atoms with Crippen molar-refractivity contribution < 1.29 is 5.11 Å². The Hall–Kier alpha value is -1.54. The highest BCUT2D eigenvalue weighted by Crippen LogP contribution is 2.35. The molecule has 118 valence electrons. The fraction of sp³-hybridized carbons (Fsp3) is 0.643. The van der Waals surface area contributed by atoms with Crippen LogP contribution in [-0.2, 0) is 12.8 Å². The van der Waals surface area contributed by atoms with Gasteiger partial charge in [-0.2, -0.15) is 5.10 Å². The summed E-state index contributed by atoms with van der Waals surface area (Å²) in [6, 6.07) is 0. The summed E-state index contributed by atoms with van der Waals surface area (Å²) in [6.07, 6.45) is 7.00. The molecular formula is C14H20N6OS. The van der Waals surface area contributed by atoms with Gasteiger partial charge >= 0.3 is 0 Å². The number of aliphatic hydroxyl groups excluding tert-OH is 1. The monoisotopic (exact) mass is 320 g/mol. The summed E-state index contributed by atoms with van der Waals surface area (Å²) in [4.78, 5) is 0. The van der Waals surface area contributed by atoms with Gasteiger partial charge in [0.2, 0.25) is 11.0 Å². The highest BCUT2D eigenvalue weighted by molar-refractivity contribution is 7.99. The van der Waals surface area contributed by atoms with E-state index in [-0.39, 0.29) is 11.4 Å². The molecule has 7 nitrogen and oxygen atoms in total. The second-order valence-electron chi connectivity index (χ2n) is 6.07. The van der Waals surface area contributed by atoms with Crippen LogP contribution in [0.2, 0.25) is 0 Å². The number of aryl methyl sites for hydroxylation is 1. The van der Waals surface area contributed by atoms with Crippen molar-refractivity contribution >= 4 is 11.8 Å². The van der Waals surface area contributed by atoms with Crippen LogP contribution in [0.1, 0.15) is 43.4 Å². The van der Waals surface area contributed by atoms with Crippen molar-refractivity contribution in [2.75, 3.05) is 5.84 Å². The molecule has 1 fully saturated rings. The van der Waals surface area contributed by atoms with E-state index in [1.165, 1.54) is 27.7 Å². The number of nitrogens with two attached hydrogens (primary N) is 1. The molecule has 2 aliphatic carbocycles. The van der Waals surface area contributed by atoms with E-state index in [1.807, 2.05) is 0 Å². The van der Waals surface area contributed by atoms with E-state index in [2.05, 4.69) is 20.4 Å². The largest absolute Gasteiger partial charge is 0.392 e. The zero-order valence-electron chi connectivity index (χ0n) is 12.3. The maximum Gasteiger partial charge on any atom is 0.210 e. The summed E-state index contributed by atoms with van der Waals surface area (Å²) >= 11 is 1.53. The van der Waals surface area contributed by atoms with Gasteiger partial charge in [-0.1, -0.05) is 24.6 Å². The molecule has 22 heavy (non-hydrogen) atoms. The van der Waals surface area contributed by atoms with Crippen LogP contribution in [0.4, 0.5) is 0 Å². The summed E-state index contributed by atoms with van der Waals surface area (Å²) in [5.41, 5.74) is 3.22. The number of H-pyrrole nitrogens is 1. The minimum atomic E-state index is -0.284. The normalized spacial score (nSPS) is 24.6. The van der Waals surface area contributed by atoms with E-state index in [0.29, 0.717) is 11.0 Å². The van der Waals surface area contributed by atoms with Crippen molar-refractivity contribution in [2.45, 2.75) is 61.5 Å². The Labute approximate surface area is 132 Å². The van der Waals surface area contributed by atoms with Crippen LogP contribution >= 0.6 is 11.8 Å². The Kier molecular flexibility index (Phi) is 3.57. The third kappa shape index (κ3) is 2.30. The van der Waals surface area contributed by atoms with E-state index in [1.54, 1.807) is 0 Å². The Balaban J connectivity index is 1.59. The van der Waals surface area contributed by atoms with Crippen LogP contribution in [0, 0.1) is 0 Å². The topological polar surface area (TPSA) is 106 Å². The van der Waals surface area contributed by atoms with Gasteiger partial charge in [-0.15, -0.1) is 10.2 Å². The van der Waals surface area contributed by atoms with Gasteiger partial charge in [-0.25, -0.2) is 4.68 Å². The molecule has 0 spiro atoms. The Morgan fingerprint density at radius 1 is 1.18 bits per heavy atom. The molecule has 2 aromatic heterocycles. The zero-order valence-corrected chi connectivity index (χ0v) is 13.1. The lowest BCUT2D eigenvalue weighted by atomic mass is 9.97. The molecule has 0 amide bonds. The molecule has 0 aliphatic heterocycles. The van der Waals surface area contributed by atoms with E-state index in [4.69, 9.17) is 5.84 Å². The number of rotatable bonds is 3. The lowest BCUT2D eigenvalue weighted by molar-refractivity contribution is 0.137. The molecular weight excluding hydrogens is 300 g/mol. The maximum absolute atomic E-state index is 10.1. The Bertz CT molecular complexity index is 681. The van der Waals surface area contributed by atoms with E-state index in [9.17, 15) is 5.11 Å². The molecule has 2 unspecified atom stereocenters. The number of hydrogen-bond acceptors (Lipinski definition) is 6. The summed E-state index contributed by atoms with van der Waals surface area (Å²) in [5, 5.41) is 26.8. The van der Waals surface area contributed by atoms with Crippen LogP contribution in [0.15, 0.2) is 5.16 Å². The van der Waals surface area contributed by atoms with Crippen molar-refractivity contribution in [2.24, 2.45) is 0 Å². The van der Waals surface area contributed by atoms with Crippen LogP contribution in [0.5, 0.6) is 0 Å². The van der Waals surface area contributed by atoms with Gasteiger partial charge in [0, 0.05) is 16.5 Å². The lowest BCUT2D eigenvalue weighted by Crippen LogP contribution is -2.27.